The molecule has 5 heteroatoms. The highest BCUT2D eigenvalue weighted by Gasteiger charge is 2.30. The predicted molar refractivity (Wildman–Crippen MR) is 83.5 cm³/mol. The van der Waals surface area contributed by atoms with Crippen molar-refractivity contribution in [3.8, 4) is 17.2 Å². The predicted octanol–water partition coefficient (Wildman–Crippen LogP) is 2.20. The average Bonchev–Trinajstić information content (AvgIpc) is 2.54. The van der Waals surface area contributed by atoms with Crippen LogP contribution in [-0.2, 0) is 6.54 Å². The van der Waals surface area contributed by atoms with Gasteiger partial charge in [-0.1, -0.05) is 13.8 Å². The van der Waals surface area contributed by atoms with Crippen LogP contribution in [0.3, 0.4) is 0 Å². The molecule has 1 N–H and O–H groups in total. The maximum absolute atomic E-state index is 5.61. The van der Waals surface area contributed by atoms with Gasteiger partial charge in [-0.3, -0.25) is 4.90 Å². The van der Waals surface area contributed by atoms with Crippen molar-refractivity contribution in [2.45, 2.75) is 26.4 Å². The van der Waals surface area contributed by atoms with Crippen molar-refractivity contribution in [2.24, 2.45) is 0 Å². The molecule has 5 nitrogen and oxygen atoms in total. The van der Waals surface area contributed by atoms with Crippen molar-refractivity contribution in [2.75, 3.05) is 41.0 Å². The summed E-state index contributed by atoms with van der Waals surface area (Å²) >= 11 is 0. The highest BCUT2D eigenvalue weighted by molar-refractivity contribution is 5.60. The lowest BCUT2D eigenvalue weighted by molar-refractivity contribution is 0.202. The second-order valence-electron chi connectivity index (χ2n) is 5.08. The molecule has 0 aromatic heterocycles. The minimum Gasteiger partial charge on any atom is -0.493 e. The highest BCUT2D eigenvalue weighted by Crippen LogP contribution is 2.45. The van der Waals surface area contributed by atoms with Crippen LogP contribution in [0.5, 0.6) is 17.2 Å². The largest absolute Gasteiger partial charge is 0.493 e. The Hall–Kier alpha value is -1.46. The van der Waals surface area contributed by atoms with Gasteiger partial charge in [0.2, 0.25) is 5.75 Å². The van der Waals surface area contributed by atoms with E-state index in [1.807, 2.05) is 0 Å². The third-order valence-corrected chi connectivity index (χ3v) is 4.22. The summed E-state index contributed by atoms with van der Waals surface area (Å²) in [6, 6.07) is 2.43. The van der Waals surface area contributed by atoms with E-state index in [1.165, 1.54) is 11.1 Å². The number of nitrogens with one attached hydrogen (secondary N) is 1. The maximum atomic E-state index is 5.61. The number of ether oxygens (including phenoxy) is 3. The van der Waals surface area contributed by atoms with Crippen molar-refractivity contribution >= 4 is 0 Å². The minimum atomic E-state index is 0.331. The van der Waals surface area contributed by atoms with E-state index in [9.17, 15) is 0 Å². The number of methoxy groups -OCH3 is 3. The maximum Gasteiger partial charge on any atom is 0.203 e. The fourth-order valence-corrected chi connectivity index (χ4v) is 3.15. The number of benzene rings is 1. The normalized spacial score (nSPS) is 17.5. The third-order valence-electron chi connectivity index (χ3n) is 4.22. The van der Waals surface area contributed by atoms with Gasteiger partial charge in [-0.15, -0.1) is 0 Å². The Kier molecular flexibility index (Phi) is 5.31. The SMILES string of the molecule is CCN(CC)[C@@H]1CNCc2c1cc(OC)c(OC)c2OC. The van der Waals surface area contributed by atoms with Crippen LogP contribution in [0.2, 0.25) is 0 Å². The van der Waals surface area contributed by atoms with Crippen LogP contribution in [0.4, 0.5) is 0 Å². The summed E-state index contributed by atoms with van der Waals surface area (Å²) in [5, 5.41) is 3.49. The van der Waals surface area contributed by atoms with Crippen molar-refractivity contribution in [3.05, 3.63) is 17.2 Å². The average molecular weight is 294 g/mol. The first-order chi connectivity index (χ1) is 10.2. The number of fused-ring (bicyclic) bond motifs is 1. The van der Waals surface area contributed by atoms with Gasteiger partial charge in [0.1, 0.15) is 0 Å². The van der Waals surface area contributed by atoms with E-state index in [2.05, 4.69) is 30.1 Å². The summed E-state index contributed by atoms with van der Waals surface area (Å²) in [4.78, 5) is 2.44. The Morgan fingerprint density at radius 2 is 1.76 bits per heavy atom. The molecule has 0 radical (unpaired) electrons. The second-order valence-corrected chi connectivity index (χ2v) is 5.08. The van der Waals surface area contributed by atoms with Gasteiger partial charge >= 0.3 is 0 Å². The standard InChI is InChI=1S/C16H26N2O3/c1-6-18(7-2)13-10-17-9-12-11(13)8-14(19-3)16(21-5)15(12)20-4/h8,13,17H,6-7,9-10H2,1-5H3/t13-/m1/s1. The van der Waals surface area contributed by atoms with Gasteiger partial charge in [-0.25, -0.2) is 0 Å². The Labute approximate surface area is 127 Å². The molecule has 0 bridgehead atoms. The van der Waals surface area contributed by atoms with Crippen LogP contribution >= 0.6 is 0 Å². The number of rotatable bonds is 6. The molecule has 1 aliphatic rings. The van der Waals surface area contributed by atoms with E-state index < -0.39 is 0 Å². The van der Waals surface area contributed by atoms with E-state index in [-0.39, 0.29) is 0 Å². The summed E-state index contributed by atoms with van der Waals surface area (Å²) < 4.78 is 16.6. The molecule has 0 saturated carbocycles. The molecule has 1 atom stereocenters. The van der Waals surface area contributed by atoms with Crippen LogP contribution in [0.1, 0.15) is 31.0 Å². The van der Waals surface area contributed by atoms with Crippen molar-refractivity contribution in [3.63, 3.8) is 0 Å². The quantitative estimate of drug-likeness (QED) is 0.871. The number of hydrogen-bond donors (Lipinski definition) is 1. The van der Waals surface area contributed by atoms with Crippen LogP contribution in [0.15, 0.2) is 6.07 Å². The van der Waals surface area contributed by atoms with Gasteiger partial charge in [0.25, 0.3) is 0 Å². The van der Waals surface area contributed by atoms with E-state index >= 15 is 0 Å². The topological polar surface area (TPSA) is 43.0 Å². The first kappa shape index (κ1) is 15.9. The molecule has 21 heavy (non-hydrogen) atoms. The van der Waals surface area contributed by atoms with E-state index in [0.717, 1.165) is 37.7 Å². The molecule has 0 spiro atoms. The number of likely N-dealkylation sites (N-methyl/N-ethyl adjacent to an activating group) is 1. The lowest BCUT2D eigenvalue weighted by atomic mass is 9.93. The summed E-state index contributed by atoms with van der Waals surface area (Å²) in [6.07, 6.45) is 0. The van der Waals surface area contributed by atoms with Crippen LogP contribution in [0, 0.1) is 0 Å². The molecule has 1 heterocycles. The first-order valence-corrected chi connectivity index (χ1v) is 7.48. The Balaban J connectivity index is 2.58. The van der Waals surface area contributed by atoms with Crippen LogP contribution < -0.4 is 19.5 Å². The molecule has 1 aliphatic heterocycles. The molecule has 0 aliphatic carbocycles. The van der Waals surface area contributed by atoms with Gasteiger partial charge in [0, 0.05) is 24.7 Å². The summed E-state index contributed by atoms with van der Waals surface area (Å²) in [5.74, 6) is 2.17. The van der Waals surface area contributed by atoms with Crippen molar-refractivity contribution in [1.29, 1.82) is 0 Å². The smallest absolute Gasteiger partial charge is 0.203 e. The molecule has 0 amide bonds. The van der Waals surface area contributed by atoms with Gasteiger partial charge in [-0.2, -0.15) is 0 Å². The molecule has 118 valence electrons. The van der Waals surface area contributed by atoms with Crippen LogP contribution in [0.25, 0.3) is 0 Å². The zero-order valence-corrected chi connectivity index (χ0v) is 13.7. The fraction of sp³-hybridized carbons (Fsp3) is 0.625. The Bertz CT molecular complexity index is 487. The molecule has 2 rings (SSSR count). The Morgan fingerprint density at radius 1 is 1.10 bits per heavy atom. The van der Waals surface area contributed by atoms with Crippen molar-refractivity contribution < 1.29 is 14.2 Å². The third kappa shape index (κ3) is 2.80. The molecule has 1 aromatic carbocycles. The minimum absolute atomic E-state index is 0.331. The molecule has 1 aromatic rings. The number of hydrogen-bond acceptors (Lipinski definition) is 5. The zero-order chi connectivity index (χ0) is 15.4. The second kappa shape index (κ2) is 7.00. The van der Waals surface area contributed by atoms with E-state index in [0.29, 0.717) is 11.8 Å². The highest BCUT2D eigenvalue weighted by atomic mass is 16.5. The molecular weight excluding hydrogens is 268 g/mol. The first-order valence-electron chi connectivity index (χ1n) is 7.48. The molecule has 0 saturated heterocycles. The lowest BCUT2D eigenvalue weighted by Gasteiger charge is -2.36. The molecule has 0 fully saturated rings. The summed E-state index contributed by atoms with van der Waals surface area (Å²) in [6.45, 7) is 8.13. The van der Waals surface area contributed by atoms with Crippen LogP contribution in [-0.4, -0.2) is 45.9 Å². The van der Waals surface area contributed by atoms with E-state index in [1.54, 1.807) is 21.3 Å². The van der Waals surface area contributed by atoms with E-state index in [4.69, 9.17) is 14.2 Å². The lowest BCUT2D eigenvalue weighted by Crippen LogP contribution is -2.39. The molecular formula is C16H26N2O3. The fourth-order valence-electron chi connectivity index (χ4n) is 3.15. The van der Waals surface area contributed by atoms with Gasteiger partial charge in [-0.05, 0) is 24.7 Å². The zero-order valence-electron chi connectivity index (χ0n) is 13.7. The molecule has 0 unspecified atom stereocenters. The monoisotopic (exact) mass is 294 g/mol. The summed E-state index contributed by atoms with van der Waals surface area (Å²) in [5.41, 5.74) is 2.44. The van der Waals surface area contributed by atoms with Gasteiger partial charge in [0.15, 0.2) is 11.5 Å². The van der Waals surface area contributed by atoms with Crippen molar-refractivity contribution in [1.82, 2.24) is 10.2 Å². The summed E-state index contributed by atoms with van der Waals surface area (Å²) in [7, 11) is 4.99. The number of nitrogens with zero attached hydrogens (tertiary/aromatic N) is 1. The van der Waals surface area contributed by atoms with Gasteiger partial charge < -0.3 is 19.5 Å². The Morgan fingerprint density at radius 3 is 2.29 bits per heavy atom. The van der Waals surface area contributed by atoms with Gasteiger partial charge in [0.05, 0.1) is 21.3 Å².